The lowest BCUT2D eigenvalue weighted by Crippen LogP contribution is -2.54. The first-order valence-electron chi connectivity index (χ1n) is 8.18. The zero-order chi connectivity index (χ0) is 17.8. The molecule has 0 aliphatic carbocycles. The van der Waals surface area contributed by atoms with Crippen molar-refractivity contribution in [2.45, 2.75) is 25.0 Å². The van der Waals surface area contributed by atoms with Crippen molar-refractivity contribution < 1.29 is 0 Å². The molecule has 2 aromatic carbocycles. The van der Waals surface area contributed by atoms with Crippen LogP contribution in [0, 0.1) is 12.3 Å². The Kier molecular flexibility index (Phi) is 6.76. The van der Waals surface area contributed by atoms with Crippen LogP contribution in [0.1, 0.15) is 23.6 Å². The van der Waals surface area contributed by atoms with Gasteiger partial charge in [-0.2, -0.15) is 0 Å². The van der Waals surface area contributed by atoms with E-state index in [1.807, 2.05) is 0 Å². The lowest BCUT2D eigenvalue weighted by Gasteiger charge is -2.49. The van der Waals surface area contributed by atoms with E-state index >= 15 is 0 Å². The highest BCUT2D eigenvalue weighted by atomic mass is 79.9. The summed E-state index contributed by atoms with van der Waals surface area (Å²) in [6.07, 6.45) is 6.49. The summed E-state index contributed by atoms with van der Waals surface area (Å²) in [6, 6.07) is 15.8. The van der Waals surface area contributed by atoms with E-state index in [4.69, 9.17) is 6.42 Å². The molecule has 0 spiro atoms. The quantitative estimate of drug-likeness (QED) is 0.394. The van der Waals surface area contributed by atoms with Gasteiger partial charge in [0.1, 0.15) is 0 Å². The number of hydrogen-bond acceptors (Lipinski definition) is 2. The van der Waals surface area contributed by atoms with Crippen molar-refractivity contribution in [1.82, 2.24) is 10.2 Å². The van der Waals surface area contributed by atoms with Gasteiger partial charge >= 0.3 is 0 Å². The van der Waals surface area contributed by atoms with Crippen molar-refractivity contribution in [1.29, 1.82) is 0 Å². The standard InChI is InChI=1S/C20H19Br3N2/c1-2-7-24-12-18-11-20(15-8-16(21)10-17(22)9-15)25(18)13-14-5-3-4-6-19(14)23/h1,3-6,8-10,18,20,24H,7,11-13H2. The molecule has 1 fully saturated rings. The number of nitrogens with zero attached hydrogens (tertiary/aromatic N) is 1. The van der Waals surface area contributed by atoms with Crippen LogP contribution in [0.2, 0.25) is 0 Å². The molecule has 2 unspecified atom stereocenters. The van der Waals surface area contributed by atoms with Gasteiger partial charge in [0, 0.05) is 38.6 Å². The topological polar surface area (TPSA) is 15.3 Å². The van der Waals surface area contributed by atoms with E-state index in [1.165, 1.54) is 11.1 Å². The Morgan fingerprint density at radius 1 is 1.12 bits per heavy atom. The Morgan fingerprint density at radius 3 is 2.52 bits per heavy atom. The van der Waals surface area contributed by atoms with Gasteiger partial charge in [-0.1, -0.05) is 71.9 Å². The molecule has 0 radical (unpaired) electrons. The van der Waals surface area contributed by atoms with Crippen LogP contribution in [-0.2, 0) is 6.54 Å². The third-order valence-corrected chi connectivity index (χ3v) is 6.24. The maximum Gasteiger partial charge on any atom is 0.0574 e. The fraction of sp³-hybridized carbons (Fsp3) is 0.300. The maximum absolute atomic E-state index is 5.36. The molecule has 0 amide bonds. The van der Waals surface area contributed by atoms with Crippen molar-refractivity contribution in [2.24, 2.45) is 0 Å². The van der Waals surface area contributed by atoms with E-state index < -0.39 is 0 Å². The predicted octanol–water partition coefficient (Wildman–Crippen LogP) is 5.51. The summed E-state index contributed by atoms with van der Waals surface area (Å²) in [7, 11) is 0. The number of terminal acetylenes is 1. The zero-order valence-electron chi connectivity index (χ0n) is 13.7. The van der Waals surface area contributed by atoms with Crippen LogP contribution >= 0.6 is 47.8 Å². The van der Waals surface area contributed by atoms with E-state index in [0.717, 1.165) is 32.9 Å². The fourth-order valence-electron chi connectivity index (χ4n) is 3.31. The molecule has 2 nitrogen and oxygen atoms in total. The first-order valence-corrected chi connectivity index (χ1v) is 10.6. The van der Waals surface area contributed by atoms with Crippen molar-refractivity contribution in [3.8, 4) is 12.3 Å². The van der Waals surface area contributed by atoms with E-state index in [-0.39, 0.29) is 0 Å². The van der Waals surface area contributed by atoms with Crippen LogP contribution < -0.4 is 5.32 Å². The number of nitrogens with one attached hydrogen (secondary N) is 1. The molecule has 3 rings (SSSR count). The van der Waals surface area contributed by atoms with E-state index in [9.17, 15) is 0 Å². The highest BCUT2D eigenvalue weighted by Gasteiger charge is 2.39. The molecule has 5 heteroatoms. The molecule has 0 bridgehead atoms. The lowest BCUT2D eigenvalue weighted by molar-refractivity contribution is 0.00607. The molecule has 25 heavy (non-hydrogen) atoms. The first-order chi connectivity index (χ1) is 12.1. The average molecular weight is 527 g/mol. The van der Waals surface area contributed by atoms with Crippen LogP contribution in [0.3, 0.4) is 0 Å². The largest absolute Gasteiger partial charge is 0.305 e. The summed E-state index contributed by atoms with van der Waals surface area (Å²) in [5.41, 5.74) is 2.64. The molecular formula is C20H19Br3N2. The smallest absolute Gasteiger partial charge is 0.0574 e. The summed E-state index contributed by atoms with van der Waals surface area (Å²) in [5, 5.41) is 3.35. The van der Waals surface area contributed by atoms with Gasteiger partial charge in [-0.05, 0) is 41.8 Å². The lowest BCUT2D eigenvalue weighted by atomic mass is 9.86. The Balaban J connectivity index is 1.80. The minimum atomic E-state index is 0.415. The molecule has 0 saturated carbocycles. The van der Waals surface area contributed by atoms with Gasteiger partial charge in [-0.15, -0.1) is 6.42 Å². The van der Waals surface area contributed by atoms with Crippen molar-refractivity contribution in [2.75, 3.05) is 13.1 Å². The van der Waals surface area contributed by atoms with E-state index in [1.54, 1.807) is 0 Å². The van der Waals surface area contributed by atoms with Crippen LogP contribution in [0.15, 0.2) is 55.9 Å². The molecule has 2 atom stereocenters. The summed E-state index contributed by atoms with van der Waals surface area (Å²) in [6.45, 7) is 2.45. The number of halogens is 3. The second-order valence-corrected chi connectivity index (χ2v) is 8.89. The third kappa shape index (κ3) is 4.75. The molecule has 1 saturated heterocycles. The summed E-state index contributed by atoms with van der Waals surface area (Å²) in [4.78, 5) is 2.55. The van der Waals surface area contributed by atoms with Crippen LogP contribution in [0.5, 0.6) is 0 Å². The molecule has 1 N–H and O–H groups in total. The van der Waals surface area contributed by atoms with Gasteiger partial charge < -0.3 is 5.32 Å². The molecule has 0 aromatic heterocycles. The molecular weight excluding hydrogens is 508 g/mol. The number of rotatable bonds is 6. The molecule has 2 aromatic rings. The van der Waals surface area contributed by atoms with E-state index in [0.29, 0.717) is 18.6 Å². The fourth-order valence-corrected chi connectivity index (χ4v) is 5.05. The molecule has 1 aliphatic rings. The summed E-state index contributed by atoms with van der Waals surface area (Å²) in [5.74, 6) is 2.65. The van der Waals surface area contributed by atoms with Gasteiger partial charge in [0.2, 0.25) is 0 Å². The van der Waals surface area contributed by atoms with Crippen LogP contribution in [0.25, 0.3) is 0 Å². The van der Waals surface area contributed by atoms with E-state index in [2.05, 4.69) is 106 Å². The molecule has 130 valence electrons. The van der Waals surface area contributed by atoms with Gasteiger partial charge in [0.05, 0.1) is 6.54 Å². The maximum atomic E-state index is 5.36. The Labute approximate surface area is 174 Å². The zero-order valence-corrected chi connectivity index (χ0v) is 18.4. The van der Waals surface area contributed by atoms with Gasteiger partial charge in [-0.25, -0.2) is 0 Å². The highest BCUT2D eigenvalue weighted by molar-refractivity contribution is 9.11. The number of benzene rings is 2. The average Bonchev–Trinajstić information content (AvgIpc) is 2.55. The minimum absolute atomic E-state index is 0.415. The second kappa shape index (κ2) is 8.83. The normalized spacial score (nSPS) is 20.1. The molecule has 1 aliphatic heterocycles. The van der Waals surface area contributed by atoms with Gasteiger partial charge in [0.25, 0.3) is 0 Å². The van der Waals surface area contributed by atoms with Crippen molar-refractivity contribution in [3.05, 3.63) is 67.0 Å². The van der Waals surface area contributed by atoms with Gasteiger partial charge in [0.15, 0.2) is 0 Å². The molecule has 1 heterocycles. The summed E-state index contributed by atoms with van der Waals surface area (Å²) >= 11 is 10.9. The number of hydrogen-bond donors (Lipinski definition) is 1. The predicted molar refractivity (Wildman–Crippen MR) is 114 cm³/mol. The Bertz CT molecular complexity index is 765. The van der Waals surface area contributed by atoms with Crippen LogP contribution in [-0.4, -0.2) is 24.0 Å². The van der Waals surface area contributed by atoms with Gasteiger partial charge in [-0.3, -0.25) is 4.90 Å². The Morgan fingerprint density at radius 2 is 1.84 bits per heavy atom. The van der Waals surface area contributed by atoms with Crippen molar-refractivity contribution in [3.63, 3.8) is 0 Å². The Hall–Kier alpha value is -0.640. The van der Waals surface area contributed by atoms with Crippen LogP contribution in [0.4, 0.5) is 0 Å². The van der Waals surface area contributed by atoms with Crippen molar-refractivity contribution >= 4 is 47.8 Å². The number of likely N-dealkylation sites (tertiary alicyclic amines) is 1. The SMILES string of the molecule is C#CCNCC1CC(c2cc(Br)cc(Br)c2)N1Cc1ccccc1Br. The minimum Gasteiger partial charge on any atom is -0.305 e. The third-order valence-electron chi connectivity index (χ3n) is 4.55. The monoisotopic (exact) mass is 524 g/mol. The summed E-state index contributed by atoms with van der Waals surface area (Å²) < 4.78 is 3.37. The highest BCUT2D eigenvalue weighted by Crippen LogP contribution is 2.42. The first kappa shape index (κ1) is 19.1. The second-order valence-electron chi connectivity index (χ2n) is 6.21.